The number of hydrogen-bond acceptors (Lipinski definition) is 4. The molecule has 0 bridgehead atoms. The van der Waals surface area contributed by atoms with Gasteiger partial charge in [0.1, 0.15) is 39.3 Å². The van der Waals surface area contributed by atoms with E-state index in [4.69, 9.17) is 18.2 Å². The first-order valence-corrected chi connectivity index (χ1v) is 36.4. The van der Waals surface area contributed by atoms with E-state index in [9.17, 15) is 0 Å². The van der Waals surface area contributed by atoms with E-state index in [2.05, 4.69) is 364 Å². The lowest BCUT2D eigenvalue weighted by Gasteiger charge is -2.18. The van der Waals surface area contributed by atoms with Crippen LogP contribution in [0.25, 0.3) is 221 Å². The minimum atomic E-state index is 0.842. The van der Waals surface area contributed by atoms with Gasteiger partial charge < -0.3 is 27.0 Å². The van der Waals surface area contributed by atoms with Crippen molar-refractivity contribution in [3.63, 3.8) is 0 Å². The number of nitrogens with zero attached hydrogens (tertiary/aromatic N) is 5. The first kappa shape index (κ1) is 59.1. The zero-order valence-electron chi connectivity index (χ0n) is 57.5. The van der Waals surface area contributed by atoms with Gasteiger partial charge in [-0.2, -0.15) is 0 Å². The highest BCUT2D eigenvalue weighted by atomic mass is 16.3. The molecule has 0 spiro atoms. The van der Waals surface area contributed by atoms with Gasteiger partial charge in [0.15, 0.2) is 0 Å². The standard InChI is InChI=1S/C99H59N5O3/c1-3-16-60(17-4-1)99-100-48-49-101(99)91-41-32-70(58-92(91)104-87-28-13-7-22-73(87)74-23-8-14-29-88(74)104)62-19-15-18-61(50-62)65-33-42-97-83(53-65)84-59-72(38-47-98(84)107-97)103-86-27-12-10-25-76(86)78-52-64(31-40-90(78)103)67-35-44-94-80(55-67)82-57-69(37-46-96(82)106-94)68-36-45-95-81(56-68)79-54-66(34-43-93(79)105-95)63-30-39-89-77(51-63)75-24-9-11-26-85(75)102(89)71-20-5-2-6-21-71/h1-59H. The van der Waals surface area contributed by atoms with Gasteiger partial charge in [-0.15, -0.1) is 0 Å². The number of furan rings is 3. The first-order valence-electron chi connectivity index (χ1n) is 36.4. The summed E-state index contributed by atoms with van der Waals surface area (Å²) in [7, 11) is 0. The van der Waals surface area contributed by atoms with Crippen LogP contribution in [0.15, 0.2) is 371 Å². The quantitative estimate of drug-likeness (QED) is 0.137. The number of imidazole rings is 1. The van der Waals surface area contributed by atoms with Crippen LogP contribution in [0, 0.1) is 0 Å². The summed E-state index contributed by atoms with van der Waals surface area (Å²) in [5, 5.41) is 13.7. The van der Waals surface area contributed by atoms with Crippen LogP contribution in [0.4, 0.5) is 0 Å². The van der Waals surface area contributed by atoms with Gasteiger partial charge in [-0.3, -0.25) is 4.57 Å². The van der Waals surface area contributed by atoms with Crippen LogP contribution in [0.3, 0.4) is 0 Å². The summed E-state index contributed by atoms with van der Waals surface area (Å²) in [6.45, 7) is 0. The Morgan fingerprint density at radius 2 is 0.523 bits per heavy atom. The number of fused-ring (bicyclic) bond motifs is 18. The maximum Gasteiger partial charge on any atom is 0.144 e. The number of hydrogen-bond donors (Lipinski definition) is 0. The fraction of sp³-hybridized carbons (Fsp3) is 0. The molecule has 7 heterocycles. The van der Waals surface area contributed by atoms with E-state index in [1.54, 1.807) is 0 Å². The van der Waals surface area contributed by atoms with Crippen LogP contribution < -0.4 is 0 Å². The molecule has 0 fully saturated rings. The zero-order valence-corrected chi connectivity index (χ0v) is 57.5. The number of aromatic nitrogens is 5. The van der Waals surface area contributed by atoms with Crippen LogP contribution >= 0.6 is 0 Å². The van der Waals surface area contributed by atoms with Crippen LogP contribution in [0.1, 0.15) is 0 Å². The molecule has 498 valence electrons. The summed E-state index contributed by atoms with van der Waals surface area (Å²) < 4.78 is 29.2. The molecule has 0 aliphatic carbocycles. The molecule has 0 atom stereocenters. The molecule has 16 aromatic carbocycles. The molecule has 8 heteroatoms. The second kappa shape index (κ2) is 23.0. The van der Waals surface area contributed by atoms with Gasteiger partial charge >= 0.3 is 0 Å². The van der Waals surface area contributed by atoms with Crippen molar-refractivity contribution in [2.45, 2.75) is 0 Å². The summed E-state index contributed by atoms with van der Waals surface area (Å²) in [4.78, 5) is 4.91. The molecule has 23 aromatic rings. The maximum atomic E-state index is 6.66. The summed E-state index contributed by atoms with van der Waals surface area (Å²) in [5.41, 5.74) is 28.6. The molecule has 7 aromatic heterocycles. The second-order valence-corrected chi connectivity index (χ2v) is 28.2. The molecular weight excluding hydrogens is 1310 g/mol. The van der Waals surface area contributed by atoms with E-state index >= 15 is 0 Å². The van der Waals surface area contributed by atoms with Crippen molar-refractivity contribution in [2.24, 2.45) is 0 Å². The SMILES string of the molecule is c1ccc(-c2nccn2-c2ccc(-c3cccc(-c4ccc5oc6ccc(-n7c8ccccc8c8cc(-c9ccc%10oc%11ccc(-c%12ccc%13oc%14ccc(-c%15ccc%16c(c%15)c%15ccccc%15n%16-c%15ccccc%15)cc%14c%13c%12)cc%11c%10c9)ccc87)cc6c5c4)c3)cc2-n2c3ccccc3c3ccccc32)cc1. The summed E-state index contributed by atoms with van der Waals surface area (Å²) in [6.07, 6.45) is 3.96. The van der Waals surface area contributed by atoms with Gasteiger partial charge in [-0.05, 0) is 213 Å². The summed E-state index contributed by atoms with van der Waals surface area (Å²) >= 11 is 0. The maximum absolute atomic E-state index is 6.66. The molecule has 8 nitrogen and oxygen atoms in total. The lowest BCUT2D eigenvalue weighted by atomic mass is 9.97. The van der Waals surface area contributed by atoms with Crippen molar-refractivity contribution in [1.29, 1.82) is 0 Å². The van der Waals surface area contributed by atoms with E-state index < -0.39 is 0 Å². The van der Waals surface area contributed by atoms with Crippen molar-refractivity contribution in [3.05, 3.63) is 358 Å². The Kier molecular flexibility index (Phi) is 12.7. The molecular formula is C99H59N5O3. The topological polar surface area (TPSA) is 72.0 Å². The Bertz CT molecular complexity index is 7590. The predicted octanol–water partition coefficient (Wildman–Crippen LogP) is 26.9. The third-order valence-electron chi connectivity index (χ3n) is 22.3. The number of rotatable bonds is 10. The van der Waals surface area contributed by atoms with Gasteiger partial charge in [0.2, 0.25) is 0 Å². The van der Waals surface area contributed by atoms with E-state index in [0.29, 0.717) is 0 Å². The van der Waals surface area contributed by atoms with Gasteiger partial charge in [0.25, 0.3) is 0 Å². The summed E-state index contributed by atoms with van der Waals surface area (Å²) in [5.74, 6) is 0.882. The van der Waals surface area contributed by atoms with Crippen LogP contribution in [-0.2, 0) is 0 Å². The van der Waals surface area contributed by atoms with E-state index in [0.717, 1.165) is 178 Å². The van der Waals surface area contributed by atoms with Crippen LogP contribution in [-0.4, -0.2) is 23.3 Å². The molecule has 0 unspecified atom stereocenters. The Hall–Kier alpha value is -14.5. The lowest BCUT2D eigenvalue weighted by molar-refractivity contribution is 0.668. The average Bonchev–Trinajstić information content (AvgIpc) is 1.53. The number of para-hydroxylation sites is 5. The highest BCUT2D eigenvalue weighted by Gasteiger charge is 2.23. The molecule has 23 rings (SSSR count). The second-order valence-electron chi connectivity index (χ2n) is 28.2. The highest BCUT2D eigenvalue weighted by molar-refractivity contribution is 6.16. The fourth-order valence-electron chi connectivity index (χ4n) is 17.2. The largest absolute Gasteiger partial charge is 0.456 e. The molecule has 0 aliphatic rings. The van der Waals surface area contributed by atoms with Crippen molar-refractivity contribution < 1.29 is 13.3 Å². The van der Waals surface area contributed by atoms with E-state index in [-0.39, 0.29) is 0 Å². The monoisotopic (exact) mass is 1370 g/mol. The van der Waals surface area contributed by atoms with Crippen LogP contribution in [0.5, 0.6) is 0 Å². The van der Waals surface area contributed by atoms with Crippen molar-refractivity contribution in [1.82, 2.24) is 23.3 Å². The molecule has 0 saturated heterocycles. The Morgan fingerprint density at radius 3 is 0.991 bits per heavy atom. The lowest BCUT2D eigenvalue weighted by Crippen LogP contribution is -2.04. The smallest absolute Gasteiger partial charge is 0.144 e. The van der Waals surface area contributed by atoms with Gasteiger partial charge in [-0.1, -0.05) is 188 Å². The molecule has 0 saturated carbocycles. The minimum Gasteiger partial charge on any atom is -0.456 e. The molecule has 0 aliphatic heterocycles. The molecule has 0 radical (unpaired) electrons. The van der Waals surface area contributed by atoms with Gasteiger partial charge in [-0.25, -0.2) is 4.98 Å². The Labute approximate surface area is 611 Å². The minimum absolute atomic E-state index is 0.842. The number of benzene rings is 16. The average molecular weight is 1370 g/mol. The van der Waals surface area contributed by atoms with E-state index in [1.165, 1.54) is 43.4 Å². The molecule has 0 amide bonds. The Balaban J connectivity index is 0.573. The molecule has 107 heavy (non-hydrogen) atoms. The normalized spacial score (nSPS) is 12.1. The zero-order chi connectivity index (χ0) is 70.0. The van der Waals surface area contributed by atoms with Crippen molar-refractivity contribution in [2.75, 3.05) is 0 Å². The fourth-order valence-corrected chi connectivity index (χ4v) is 17.2. The van der Waals surface area contributed by atoms with Crippen LogP contribution in [0.2, 0.25) is 0 Å². The Morgan fingerprint density at radius 1 is 0.196 bits per heavy atom. The first-order chi connectivity index (χ1) is 53.0. The summed E-state index contributed by atoms with van der Waals surface area (Å²) in [6, 6.07) is 125. The third-order valence-corrected chi connectivity index (χ3v) is 22.3. The highest BCUT2D eigenvalue weighted by Crippen LogP contribution is 2.45. The van der Waals surface area contributed by atoms with E-state index in [1.807, 2.05) is 12.3 Å². The van der Waals surface area contributed by atoms with Gasteiger partial charge in [0.05, 0.1) is 44.5 Å². The third kappa shape index (κ3) is 9.19. The molecule has 0 N–H and O–H groups in total. The van der Waals surface area contributed by atoms with Crippen molar-refractivity contribution >= 4 is 131 Å². The van der Waals surface area contributed by atoms with Gasteiger partial charge in [0, 0.05) is 94.0 Å². The predicted molar refractivity (Wildman–Crippen MR) is 441 cm³/mol. The van der Waals surface area contributed by atoms with Crippen molar-refractivity contribution in [3.8, 4) is 89.8 Å².